The summed E-state index contributed by atoms with van der Waals surface area (Å²) in [4.78, 5) is 12.0. The number of ether oxygens (including phenoxy) is 1. The topological polar surface area (TPSA) is 70.2 Å². The van der Waals surface area contributed by atoms with Crippen LogP contribution in [0.2, 0.25) is 0 Å². The monoisotopic (exact) mass is 249 g/mol. The molecule has 96 valence electrons. The van der Waals surface area contributed by atoms with Crippen LogP contribution >= 0.6 is 0 Å². The Morgan fingerprint density at radius 3 is 2.72 bits per heavy atom. The van der Waals surface area contributed by atoms with Crippen molar-refractivity contribution in [2.45, 2.75) is 19.6 Å². The summed E-state index contributed by atoms with van der Waals surface area (Å²) in [6, 6.07) is 1.92. The quantitative estimate of drug-likeness (QED) is 0.700. The van der Waals surface area contributed by atoms with Crippen LogP contribution in [0.3, 0.4) is 0 Å². The van der Waals surface area contributed by atoms with Gasteiger partial charge in [-0.1, -0.05) is 0 Å². The third-order valence-electron chi connectivity index (χ3n) is 3.05. The summed E-state index contributed by atoms with van der Waals surface area (Å²) < 4.78 is 9.85. The van der Waals surface area contributed by atoms with Crippen molar-refractivity contribution < 1.29 is 4.74 Å². The Bertz CT molecular complexity index is 647. The molecule has 2 aromatic rings. The second-order valence-electron chi connectivity index (χ2n) is 4.60. The minimum Gasteiger partial charge on any atom is -0.371 e. The van der Waals surface area contributed by atoms with Gasteiger partial charge >= 0.3 is 5.69 Å². The van der Waals surface area contributed by atoms with Crippen molar-refractivity contribution in [3.63, 3.8) is 0 Å². The van der Waals surface area contributed by atoms with Crippen LogP contribution in [0.15, 0.2) is 10.9 Å². The zero-order valence-corrected chi connectivity index (χ0v) is 10.6. The van der Waals surface area contributed by atoms with Crippen LogP contribution < -0.4 is 5.69 Å². The van der Waals surface area contributed by atoms with Crippen molar-refractivity contribution in [3.05, 3.63) is 22.2 Å². The molecule has 0 aliphatic carbocycles. The van der Waals surface area contributed by atoms with Crippen molar-refractivity contribution in [3.8, 4) is 11.5 Å². The Kier molecular flexibility index (Phi) is 2.37. The fraction of sp³-hybridized carbons (Fsp3) is 0.545. The first-order chi connectivity index (χ1) is 8.56. The van der Waals surface area contributed by atoms with Gasteiger partial charge < -0.3 is 4.74 Å². The number of epoxide rings is 1. The fourth-order valence-electron chi connectivity index (χ4n) is 2.02. The van der Waals surface area contributed by atoms with E-state index in [0.29, 0.717) is 19.0 Å². The van der Waals surface area contributed by atoms with Crippen LogP contribution in [0, 0.1) is 6.92 Å². The van der Waals surface area contributed by atoms with Gasteiger partial charge in [-0.25, -0.2) is 9.48 Å². The lowest BCUT2D eigenvalue weighted by atomic mass is 10.3. The van der Waals surface area contributed by atoms with Crippen LogP contribution in [0.25, 0.3) is 11.5 Å². The number of rotatable bonds is 3. The lowest BCUT2D eigenvalue weighted by molar-refractivity contribution is 0.369. The zero-order chi connectivity index (χ0) is 12.9. The number of hydrogen-bond donors (Lipinski definition) is 0. The van der Waals surface area contributed by atoms with E-state index in [2.05, 4.69) is 10.2 Å². The highest BCUT2D eigenvalue weighted by Gasteiger charge is 2.26. The Balaban J connectivity index is 2.06. The van der Waals surface area contributed by atoms with Gasteiger partial charge in [-0.05, 0) is 13.0 Å². The van der Waals surface area contributed by atoms with E-state index in [0.717, 1.165) is 11.4 Å². The highest BCUT2D eigenvalue weighted by Crippen LogP contribution is 2.16. The maximum Gasteiger partial charge on any atom is 0.346 e. The van der Waals surface area contributed by atoms with Crippen LogP contribution in [-0.4, -0.2) is 36.8 Å². The third kappa shape index (κ3) is 1.76. The zero-order valence-electron chi connectivity index (χ0n) is 10.6. The minimum atomic E-state index is -0.126. The molecule has 0 spiro atoms. The second-order valence-corrected chi connectivity index (χ2v) is 4.60. The van der Waals surface area contributed by atoms with Crippen molar-refractivity contribution in [2.75, 3.05) is 6.61 Å². The van der Waals surface area contributed by atoms with Crippen molar-refractivity contribution in [2.24, 2.45) is 14.1 Å². The maximum absolute atomic E-state index is 12.0. The van der Waals surface area contributed by atoms with Crippen molar-refractivity contribution >= 4 is 0 Å². The average molecular weight is 249 g/mol. The molecule has 1 fully saturated rings. The lowest BCUT2D eigenvalue weighted by Crippen LogP contribution is -2.25. The van der Waals surface area contributed by atoms with Gasteiger partial charge in [0.25, 0.3) is 0 Å². The van der Waals surface area contributed by atoms with Gasteiger partial charge in [0, 0.05) is 14.1 Å². The molecule has 1 aliphatic heterocycles. The van der Waals surface area contributed by atoms with E-state index in [-0.39, 0.29) is 11.8 Å². The summed E-state index contributed by atoms with van der Waals surface area (Å²) in [6.45, 7) is 3.14. The Hall–Kier alpha value is -1.89. The Morgan fingerprint density at radius 1 is 1.44 bits per heavy atom. The first-order valence-electron chi connectivity index (χ1n) is 5.82. The molecule has 1 aliphatic rings. The molecule has 7 nitrogen and oxygen atoms in total. The van der Waals surface area contributed by atoms with E-state index >= 15 is 0 Å². The Morgan fingerprint density at radius 2 is 2.17 bits per heavy atom. The molecule has 1 saturated heterocycles. The van der Waals surface area contributed by atoms with Crippen LogP contribution in [-0.2, 0) is 25.4 Å². The molecule has 0 bridgehead atoms. The first-order valence-corrected chi connectivity index (χ1v) is 5.82. The number of hydrogen-bond acceptors (Lipinski definition) is 4. The molecule has 3 rings (SSSR count). The fourth-order valence-corrected chi connectivity index (χ4v) is 2.02. The largest absolute Gasteiger partial charge is 0.371 e. The second kappa shape index (κ2) is 3.81. The molecule has 0 saturated carbocycles. The summed E-state index contributed by atoms with van der Waals surface area (Å²) in [7, 11) is 3.56. The van der Waals surface area contributed by atoms with Crippen LogP contribution in [0.1, 0.15) is 5.69 Å². The number of aryl methyl sites for hydroxylation is 2. The summed E-state index contributed by atoms with van der Waals surface area (Å²) >= 11 is 0. The molecule has 1 atom stereocenters. The molecule has 2 aromatic heterocycles. The molecule has 3 heterocycles. The highest BCUT2D eigenvalue weighted by atomic mass is 16.6. The molecular weight excluding hydrogens is 234 g/mol. The smallest absolute Gasteiger partial charge is 0.346 e. The van der Waals surface area contributed by atoms with Gasteiger partial charge in [-0.3, -0.25) is 9.25 Å². The summed E-state index contributed by atoms with van der Waals surface area (Å²) in [5.74, 6) is 0.628. The predicted molar refractivity (Wildman–Crippen MR) is 64.1 cm³/mol. The third-order valence-corrected chi connectivity index (χ3v) is 3.05. The van der Waals surface area contributed by atoms with E-state index in [1.807, 2.05) is 20.0 Å². The molecule has 0 aromatic carbocycles. The summed E-state index contributed by atoms with van der Waals surface area (Å²) in [5, 5.41) is 8.63. The molecule has 0 radical (unpaired) electrons. The molecular formula is C11H15N5O2. The first kappa shape index (κ1) is 11.2. The molecule has 0 N–H and O–H groups in total. The standard InChI is InChI=1S/C11H15N5O2/c1-7-4-9(15(3)12-7)10-13-16(5-8-6-18-8)11(17)14(10)2/h4,8H,5-6H2,1-3H3. The minimum absolute atomic E-state index is 0.126. The molecule has 18 heavy (non-hydrogen) atoms. The highest BCUT2D eigenvalue weighted by molar-refractivity contribution is 5.50. The van der Waals surface area contributed by atoms with Gasteiger partial charge in [0.2, 0.25) is 0 Å². The van der Waals surface area contributed by atoms with Crippen LogP contribution in [0.4, 0.5) is 0 Å². The predicted octanol–water partition coefficient (Wildman–Crippen LogP) is -0.310. The van der Waals surface area contributed by atoms with Gasteiger partial charge in [-0.15, -0.1) is 5.10 Å². The lowest BCUT2D eigenvalue weighted by Gasteiger charge is -1.98. The van der Waals surface area contributed by atoms with E-state index in [1.165, 1.54) is 4.68 Å². The van der Waals surface area contributed by atoms with Gasteiger partial charge in [0.15, 0.2) is 5.82 Å². The van der Waals surface area contributed by atoms with Gasteiger partial charge in [0.05, 0.1) is 18.8 Å². The normalized spacial score (nSPS) is 18.3. The molecule has 7 heteroatoms. The maximum atomic E-state index is 12.0. The van der Waals surface area contributed by atoms with Crippen LogP contribution in [0.5, 0.6) is 0 Å². The summed E-state index contributed by atoms with van der Waals surface area (Å²) in [6.07, 6.45) is 0.138. The molecule has 1 unspecified atom stereocenters. The number of aromatic nitrogens is 5. The molecule has 0 amide bonds. The number of nitrogens with zero attached hydrogens (tertiary/aromatic N) is 5. The van der Waals surface area contributed by atoms with E-state index in [9.17, 15) is 4.79 Å². The Labute approximate surface area is 104 Å². The van der Waals surface area contributed by atoms with E-state index < -0.39 is 0 Å². The van der Waals surface area contributed by atoms with Crippen molar-refractivity contribution in [1.29, 1.82) is 0 Å². The average Bonchev–Trinajstić information content (AvgIpc) is 3.02. The van der Waals surface area contributed by atoms with Gasteiger partial charge in [0.1, 0.15) is 11.8 Å². The van der Waals surface area contributed by atoms with Gasteiger partial charge in [-0.2, -0.15) is 5.10 Å². The van der Waals surface area contributed by atoms with E-state index in [4.69, 9.17) is 4.74 Å². The van der Waals surface area contributed by atoms with E-state index in [1.54, 1.807) is 16.3 Å². The van der Waals surface area contributed by atoms with Crippen molar-refractivity contribution in [1.82, 2.24) is 24.1 Å². The SMILES string of the molecule is Cc1cc(-c2nn(CC3CO3)c(=O)n2C)n(C)n1. The summed E-state index contributed by atoms with van der Waals surface area (Å²) in [5.41, 5.74) is 1.61.